The highest BCUT2D eigenvalue weighted by atomic mass is 35.5. The van der Waals surface area contributed by atoms with Crippen LogP contribution >= 0.6 is 11.6 Å². The third-order valence-corrected chi connectivity index (χ3v) is 2.77. The van der Waals surface area contributed by atoms with Crippen molar-refractivity contribution < 1.29 is 5.11 Å². The zero-order chi connectivity index (χ0) is 13.0. The van der Waals surface area contributed by atoms with Gasteiger partial charge in [0.25, 0.3) is 0 Å². The lowest BCUT2D eigenvalue weighted by atomic mass is 10.1. The Balaban J connectivity index is 1.81. The third kappa shape index (κ3) is 3.53. The maximum absolute atomic E-state index is 9.94. The molecule has 2 rings (SSSR count). The van der Waals surface area contributed by atoms with Crippen molar-refractivity contribution in [2.45, 2.75) is 12.6 Å². The first kappa shape index (κ1) is 13.0. The van der Waals surface area contributed by atoms with Crippen molar-refractivity contribution in [2.24, 2.45) is 7.05 Å². The van der Waals surface area contributed by atoms with Crippen molar-refractivity contribution in [2.75, 3.05) is 6.54 Å². The molecule has 0 radical (unpaired) electrons. The Morgan fingerprint density at radius 3 is 2.72 bits per heavy atom. The van der Waals surface area contributed by atoms with Gasteiger partial charge in [0, 0.05) is 18.6 Å². The van der Waals surface area contributed by atoms with E-state index in [0.717, 1.165) is 5.56 Å². The quantitative estimate of drug-likeness (QED) is 0.856. The van der Waals surface area contributed by atoms with Crippen molar-refractivity contribution in [3.63, 3.8) is 0 Å². The second-order valence-electron chi connectivity index (χ2n) is 4.03. The molecule has 2 aromatic rings. The van der Waals surface area contributed by atoms with E-state index in [9.17, 15) is 5.11 Å². The van der Waals surface area contributed by atoms with Crippen molar-refractivity contribution in [1.29, 1.82) is 0 Å². The number of nitrogens with one attached hydrogen (secondary N) is 1. The molecule has 0 aliphatic heterocycles. The maximum Gasteiger partial charge on any atom is 0.164 e. The molecule has 0 bridgehead atoms. The molecule has 0 aliphatic rings. The fourth-order valence-electron chi connectivity index (χ4n) is 1.59. The summed E-state index contributed by atoms with van der Waals surface area (Å²) in [6, 6.07) is 7.15. The second kappa shape index (κ2) is 5.95. The zero-order valence-electron chi connectivity index (χ0n) is 10.0. The molecule has 96 valence electrons. The summed E-state index contributed by atoms with van der Waals surface area (Å²) in [5, 5.41) is 17.8. The minimum Gasteiger partial charge on any atom is -0.387 e. The molecule has 0 saturated heterocycles. The Labute approximate surface area is 110 Å². The number of nitrogens with zero attached hydrogens (tertiary/aromatic N) is 3. The molecule has 6 heteroatoms. The van der Waals surface area contributed by atoms with E-state index < -0.39 is 6.10 Å². The van der Waals surface area contributed by atoms with Crippen LogP contribution in [0, 0.1) is 0 Å². The summed E-state index contributed by atoms with van der Waals surface area (Å²) in [7, 11) is 1.82. The number of aromatic nitrogens is 3. The molecule has 18 heavy (non-hydrogen) atoms. The topological polar surface area (TPSA) is 63.0 Å². The number of aliphatic hydroxyl groups excluding tert-OH is 1. The van der Waals surface area contributed by atoms with Crippen molar-refractivity contribution in [3.05, 3.63) is 47.0 Å². The van der Waals surface area contributed by atoms with Gasteiger partial charge in [0.05, 0.1) is 12.6 Å². The average molecular weight is 267 g/mol. The van der Waals surface area contributed by atoms with Crippen LogP contribution in [0.15, 0.2) is 30.6 Å². The second-order valence-corrected chi connectivity index (χ2v) is 4.47. The normalized spacial score (nSPS) is 12.6. The van der Waals surface area contributed by atoms with Gasteiger partial charge in [-0.25, -0.2) is 4.98 Å². The summed E-state index contributed by atoms with van der Waals surface area (Å²) in [6.07, 6.45) is 1.08. The Hall–Kier alpha value is -1.43. The highest BCUT2D eigenvalue weighted by molar-refractivity contribution is 6.30. The third-order valence-electron chi connectivity index (χ3n) is 2.52. The summed E-state index contributed by atoms with van der Waals surface area (Å²) in [5.74, 6) is 0.709. The highest BCUT2D eigenvalue weighted by Gasteiger charge is 2.07. The molecule has 5 nitrogen and oxygen atoms in total. The van der Waals surface area contributed by atoms with Gasteiger partial charge < -0.3 is 10.4 Å². The monoisotopic (exact) mass is 266 g/mol. The van der Waals surface area contributed by atoms with Gasteiger partial charge in [-0.2, -0.15) is 5.10 Å². The van der Waals surface area contributed by atoms with Crippen molar-refractivity contribution in [3.8, 4) is 0 Å². The standard InChI is InChI=1S/C12H15ClN4O/c1-17-8-15-12(16-17)7-14-6-11(18)9-2-4-10(13)5-3-9/h2-5,8,11,14,18H,6-7H2,1H3. The fourth-order valence-corrected chi connectivity index (χ4v) is 1.71. The number of benzene rings is 1. The number of hydrogen-bond acceptors (Lipinski definition) is 4. The lowest BCUT2D eigenvalue weighted by molar-refractivity contribution is 0.174. The van der Waals surface area contributed by atoms with Crippen LogP contribution in [0.2, 0.25) is 5.02 Å². The lowest BCUT2D eigenvalue weighted by Crippen LogP contribution is -2.21. The van der Waals surface area contributed by atoms with E-state index in [-0.39, 0.29) is 0 Å². The SMILES string of the molecule is Cn1cnc(CNCC(O)c2ccc(Cl)cc2)n1. The molecule has 0 amide bonds. The van der Waals surface area contributed by atoms with Gasteiger partial charge in [0.2, 0.25) is 0 Å². The molecular formula is C12H15ClN4O. The van der Waals surface area contributed by atoms with Gasteiger partial charge in [0.1, 0.15) is 6.33 Å². The first-order chi connectivity index (χ1) is 8.65. The van der Waals surface area contributed by atoms with E-state index in [4.69, 9.17) is 11.6 Å². The van der Waals surface area contributed by atoms with E-state index >= 15 is 0 Å². The zero-order valence-corrected chi connectivity index (χ0v) is 10.8. The van der Waals surface area contributed by atoms with Gasteiger partial charge in [-0.15, -0.1) is 0 Å². The smallest absolute Gasteiger partial charge is 0.164 e. The van der Waals surface area contributed by atoms with E-state index in [1.54, 1.807) is 23.1 Å². The predicted molar refractivity (Wildman–Crippen MR) is 69.1 cm³/mol. The molecule has 0 fully saturated rings. The summed E-state index contributed by atoms with van der Waals surface area (Å²) < 4.78 is 1.65. The van der Waals surface area contributed by atoms with Crippen LogP contribution in [-0.4, -0.2) is 26.4 Å². The van der Waals surface area contributed by atoms with Crippen molar-refractivity contribution >= 4 is 11.6 Å². The fraction of sp³-hybridized carbons (Fsp3) is 0.333. The Kier molecular flexibility index (Phi) is 4.30. The molecule has 0 spiro atoms. The molecule has 0 aliphatic carbocycles. The number of aliphatic hydroxyl groups is 1. The molecule has 1 heterocycles. The predicted octanol–water partition coefficient (Wildman–Crippen LogP) is 1.29. The van der Waals surface area contributed by atoms with E-state index in [0.29, 0.717) is 23.9 Å². The largest absolute Gasteiger partial charge is 0.387 e. The Morgan fingerprint density at radius 1 is 1.39 bits per heavy atom. The molecule has 1 aromatic heterocycles. The van der Waals surface area contributed by atoms with Crippen LogP contribution in [0.4, 0.5) is 0 Å². The first-order valence-corrected chi connectivity index (χ1v) is 6.01. The van der Waals surface area contributed by atoms with Crippen LogP contribution in [0.1, 0.15) is 17.5 Å². The van der Waals surface area contributed by atoms with Gasteiger partial charge in [-0.3, -0.25) is 4.68 Å². The molecule has 1 atom stereocenters. The van der Waals surface area contributed by atoms with Crippen LogP contribution in [-0.2, 0) is 13.6 Å². The van der Waals surface area contributed by atoms with Gasteiger partial charge >= 0.3 is 0 Å². The van der Waals surface area contributed by atoms with E-state index in [1.807, 2.05) is 19.2 Å². The molecule has 1 aromatic carbocycles. The Bertz CT molecular complexity index is 497. The number of rotatable bonds is 5. The van der Waals surface area contributed by atoms with Gasteiger partial charge in [-0.1, -0.05) is 23.7 Å². The van der Waals surface area contributed by atoms with Crippen LogP contribution in [0.5, 0.6) is 0 Å². The summed E-state index contributed by atoms with van der Waals surface area (Å²) >= 11 is 5.79. The average Bonchev–Trinajstić information content (AvgIpc) is 2.76. The van der Waals surface area contributed by atoms with Crippen molar-refractivity contribution in [1.82, 2.24) is 20.1 Å². The summed E-state index contributed by atoms with van der Waals surface area (Å²) in [5.41, 5.74) is 0.834. The van der Waals surface area contributed by atoms with Crippen LogP contribution in [0.3, 0.4) is 0 Å². The van der Waals surface area contributed by atoms with E-state index in [2.05, 4.69) is 15.4 Å². The molecular weight excluding hydrogens is 252 g/mol. The highest BCUT2D eigenvalue weighted by Crippen LogP contribution is 2.15. The molecule has 1 unspecified atom stereocenters. The number of halogens is 1. The maximum atomic E-state index is 9.94. The number of aryl methyl sites for hydroxylation is 1. The summed E-state index contributed by atoms with van der Waals surface area (Å²) in [6.45, 7) is 0.978. The Morgan fingerprint density at radius 2 is 2.11 bits per heavy atom. The van der Waals surface area contributed by atoms with E-state index in [1.165, 1.54) is 0 Å². The van der Waals surface area contributed by atoms with Crippen LogP contribution in [0.25, 0.3) is 0 Å². The summed E-state index contributed by atoms with van der Waals surface area (Å²) in [4.78, 5) is 4.09. The number of hydrogen-bond donors (Lipinski definition) is 2. The van der Waals surface area contributed by atoms with Gasteiger partial charge in [-0.05, 0) is 17.7 Å². The van der Waals surface area contributed by atoms with Crippen LogP contribution < -0.4 is 5.32 Å². The minimum atomic E-state index is -0.564. The lowest BCUT2D eigenvalue weighted by Gasteiger charge is -2.11. The minimum absolute atomic E-state index is 0.444. The van der Waals surface area contributed by atoms with Gasteiger partial charge in [0.15, 0.2) is 5.82 Å². The first-order valence-electron chi connectivity index (χ1n) is 5.64. The molecule has 2 N–H and O–H groups in total. The molecule has 0 saturated carbocycles.